The second-order valence-corrected chi connectivity index (χ2v) is 10.0. The minimum atomic E-state index is -0.302. The average molecular weight is 401 g/mol. The summed E-state index contributed by atoms with van der Waals surface area (Å²) < 4.78 is 5.28. The van der Waals surface area contributed by atoms with Gasteiger partial charge < -0.3 is 15.4 Å². The fraction of sp³-hybridized carbons (Fsp3) is 0.667. The number of nitrogens with one attached hydrogen (secondary N) is 2. The number of unbranched alkanes of at least 4 members (excludes halogenated alkanes) is 2. The molecule has 5 rings (SSSR count). The topological polar surface area (TPSA) is 67.4 Å². The maximum atomic E-state index is 12.7. The van der Waals surface area contributed by atoms with E-state index in [1.165, 1.54) is 25.7 Å². The Balaban J connectivity index is 0.00000136. The molecular weight excluding hydrogens is 364 g/mol. The van der Waals surface area contributed by atoms with E-state index in [0.29, 0.717) is 23.3 Å². The number of amides is 2. The molecule has 4 fully saturated rings. The van der Waals surface area contributed by atoms with Gasteiger partial charge in [0.1, 0.15) is 0 Å². The van der Waals surface area contributed by atoms with E-state index in [2.05, 4.69) is 17.6 Å². The van der Waals surface area contributed by atoms with Gasteiger partial charge in [0.25, 0.3) is 0 Å². The lowest BCUT2D eigenvalue weighted by Crippen LogP contribution is -2.51. The minimum absolute atomic E-state index is 0. The summed E-state index contributed by atoms with van der Waals surface area (Å²) in [4.78, 5) is 24.8. The summed E-state index contributed by atoms with van der Waals surface area (Å²) in [5, 5.41) is 6.33. The summed E-state index contributed by atoms with van der Waals surface area (Å²) in [6.45, 7) is 2.58. The molecule has 4 saturated carbocycles. The summed E-state index contributed by atoms with van der Waals surface area (Å²) in [6, 6.07) is 6.87. The Kier molecular flexibility index (Phi) is 4.60. The number of urea groups is 1. The van der Waals surface area contributed by atoms with Gasteiger partial charge in [0.15, 0.2) is 0 Å². The fourth-order valence-corrected chi connectivity index (χ4v) is 7.20. The highest BCUT2D eigenvalue weighted by Gasteiger charge is 2.71. The Hall–Kier alpha value is -2.04. The molecule has 2 amide bonds. The molecule has 5 heteroatoms. The molecule has 4 aliphatic carbocycles. The van der Waals surface area contributed by atoms with Crippen LogP contribution < -0.4 is 10.6 Å². The lowest BCUT2D eigenvalue weighted by molar-refractivity contribution is -0.000471. The van der Waals surface area contributed by atoms with Crippen LogP contribution in [0.3, 0.4) is 0 Å². The first kappa shape index (κ1) is 19.0. The van der Waals surface area contributed by atoms with E-state index in [1.54, 1.807) is 24.3 Å². The summed E-state index contributed by atoms with van der Waals surface area (Å²) >= 11 is 0. The zero-order valence-electron chi connectivity index (χ0n) is 17.3. The van der Waals surface area contributed by atoms with E-state index in [9.17, 15) is 9.59 Å². The first-order chi connectivity index (χ1) is 14.0. The van der Waals surface area contributed by atoms with Gasteiger partial charge in [0.2, 0.25) is 0 Å². The van der Waals surface area contributed by atoms with Crippen molar-refractivity contribution in [1.82, 2.24) is 5.32 Å². The maximum Gasteiger partial charge on any atom is 0.338 e. The number of carbonyl (C=O) groups is 2. The van der Waals surface area contributed by atoms with E-state index in [0.717, 1.165) is 49.9 Å². The molecule has 4 aliphatic rings. The minimum Gasteiger partial charge on any atom is -0.462 e. The summed E-state index contributed by atoms with van der Waals surface area (Å²) in [5.74, 6) is 2.28. The van der Waals surface area contributed by atoms with Crippen LogP contribution in [-0.4, -0.2) is 24.1 Å². The molecule has 0 aromatic heterocycles. The lowest BCUT2D eigenvalue weighted by Gasteiger charge is -2.49. The molecule has 0 aliphatic heterocycles. The van der Waals surface area contributed by atoms with Gasteiger partial charge in [-0.05, 0) is 92.4 Å². The first-order valence-corrected chi connectivity index (χ1v) is 11.4. The Morgan fingerprint density at radius 3 is 2.72 bits per heavy atom. The van der Waals surface area contributed by atoms with Gasteiger partial charge in [-0.2, -0.15) is 0 Å². The maximum absolute atomic E-state index is 12.7. The zero-order valence-corrected chi connectivity index (χ0v) is 17.3. The summed E-state index contributed by atoms with van der Waals surface area (Å²) in [7, 11) is 0. The van der Waals surface area contributed by atoms with Crippen molar-refractivity contribution < 1.29 is 17.2 Å². The van der Waals surface area contributed by atoms with Crippen LogP contribution in [0.2, 0.25) is 0 Å². The predicted molar refractivity (Wildman–Crippen MR) is 116 cm³/mol. The third-order valence-corrected chi connectivity index (χ3v) is 8.20. The molecule has 5 atom stereocenters. The van der Waals surface area contributed by atoms with Crippen LogP contribution in [0, 0.1) is 23.2 Å². The van der Waals surface area contributed by atoms with Crippen LogP contribution in [0.1, 0.15) is 77.9 Å². The predicted octanol–water partition coefficient (Wildman–Crippen LogP) is 5.62. The van der Waals surface area contributed by atoms with Crippen molar-refractivity contribution in [1.29, 1.82) is 0 Å². The van der Waals surface area contributed by atoms with Gasteiger partial charge in [-0.1, -0.05) is 19.8 Å². The number of hydrogen-bond donors (Lipinski definition) is 2. The molecule has 160 valence electrons. The molecule has 0 radical (unpaired) electrons. The van der Waals surface area contributed by atoms with E-state index in [4.69, 9.17) is 4.74 Å². The van der Waals surface area contributed by atoms with Crippen LogP contribution in [-0.2, 0) is 4.74 Å². The van der Waals surface area contributed by atoms with Crippen LogP contribution in [0.4, 0.5) is 10.5 Å². The quantitative estimate of drug-likeness (QED) is 0.461. The molecule has 5 unspecified atom stereocenters. The number of esters is 1. The highest BCUT2D eigenvalue weighted by atomic mass is 16.5. The monoisotopic (exact) mass is 400 g/mol. The molecule has 0 saturated heterocycles. The Labute approximate surface area is 175 Å². The fourth-order valence-electron chi connectivity index (χ4n) is 7.20. The Morgan fingerprint density at radius 1 is 1.10 bits per heavy atom. The summed E-state index contributed by atoms with van der Waals surface area (Å²) in [5.41, 5.74) is 1.80. The second kappa shape index (κ2) is 7.03. The first-order valence-electron chi connectivity index (χ1n) is 11.4. The largest absolute Gasteiger partial charge is 0.462 e. The molecule has 0 heterocycles. The normalized spacial score (nSPS) is 35.7. The van der Waals surface area contributed by atoms with Gasteiger partial charge in [-0.15, -0.1) is 0 Å². The highest BCUT2D eigenvalue weighted by molar-refractivity contribution is 5.92. The van der Waals surface area contributed by atoms with Crippen molar-refractivity contribution in [3.63, 3.8) is 0 Å². The molecule has 1 aromatic carbocycles. The van der Waals surface area contributed by atoms with E-state index >= 15 is 0 Å². The zero-order chi connectivity index (χ0) is 20.1. The van der Waals surface area contributed by atoms with Crippen molar-refractivity contribution >= 4 is 17.7 Å². The highest BCUT2D eigenvalue weighted by Crippen LogP contribution is 2.76. The molecule has 29 heavy (non-hydrogen) atoms. The van der Waals surface area contributed by atoms with Crippen molar-refractivity contribution in [2.75, 3.05) is 11.9 Å². The van der Waals surface area contributed by atoms with Crippen LogP contribution >= 0.6 is 0 Å². The van der Waals surface area contributed by atoms with Crippen LogP contribution in [0.25, 0.3) is 0 Å². The standard InChI is InChI=1S/C24H32N2O3.2H2/c1-2-3-4-9-29-21(27)17-5-7-20(8-6-17)25-22(28)26-23-12-16-10-18-11-19(14-23)24(18,13-16)15-23;;/h5-8,16,18-19H,2-4,9-15H2,1H3,(H2,25,26,28);2*1H. The number of carbonyl (C=O) groups excluding carboxylic acids is 2. The number of benzene rings is 1. The van der Waals surface area contributed by atoms with Gasteiger partial charge in [-0.25, -0.2) is 9.59 Å². The van der Waals surface area contributed by atoms with E-state index in [1.807, 2.05) is 0 Å². The molecule has 5 nitrogen and oxygen atoms in total. The number of rotatable bonds is 7. The number of ether oxygens (including phenoxy) is 1. The average Bonchev–Trinajstić information content (AvgIpc) is 3.00. The number of hydrogen-bond acceptors (Lipinski definition) is 3. The van der Waals surface area contributed by atoms with Crippen LogP contribution in [0.5, 0.6) is 0 Å². The van der Waals surface area contributed by atoms with Gasteiger partial charge in [0, 0.05) is 14.1 Å². The van der Waals surface area contributed by atoms with Gasteiger partial charge in [0.05, 0.1) is 12.2 Å². The molecule has 2 N–H and O–H groups in total. The van der Waals surface area contributed by atoms with Crippen molar-refractivity contribution in [2.45, 2.75) is 70.3 Å². The van der Waals surface area contributed by atoms with Crippen LogP contribution in [0.15, 0.2) is 24.3 Å². The molecule has 1 aromatic rings. The number of anilines is 1. The molecule has 3 bridgehead atoms. The van der Waals surface area contributed by atoms with Gasteiger partial charge in [-0.3, -0.25) is 0 Å². The number of fused-ring (bicyclic) bond motifs is 2. The smallest absolute Gasteiger partial charge is 0.338 e. The third kappa shape index (κ3) is 3.23. The summed E-state index contributed by atoms with van der Waals surface area (Å²) in [6.07, 6.45) is 10.7. The van der Waals surface area contributed by atoms with Crippen molar-refractivity contribution in [3.05, 3.63) is 29.8 Å². The Bertz CT molecular complexity index is 814. The van der Waals surface area contributed by atoms with Crippen molar-refractivity contribution in [2.24, 2.45) is 23.2 Å². The third-order valence-electron chi connectivity index (χ3n) is 8.20. The Morgan fingerprint density at radius 2 is 1.93 bits per heavy atom. The van der Waals surface area contributed by atoms with E-state index < -0.39 is 0 Å². The SMILES string of the molecule is CCCCCOC(=O)c1ccc(NC(=O)NC23CC4CC5CC(C2)C5(C4)C3)cc1.[HH].[HH]. The molecular formula is C24H36N2O3. The second-order valence-electron chi connectivity index (χ2n) is 10.0. The molecule has 1 spiro atoms. The van der Waals surface area contributed by atoms with Gasteiger partial charge >= 0.3 is 12.0 Å². The lowest BCUT2D eigenvalue weighted by atomic mass is 9.56. The van der Waals surface area contributed by atoms with Crippen molar-refractivity contribution in [3.8, 4) is 0 Å². The van der Waals surface area contributed by atoms with E-state index in [-0.39, 0.29) is 20.4 Å².